The van der Waals surface area contributed by atoms with E-state index in [0.29, 0.717) is 18.1 Å². The van der Waals surface area contributed by atoms with E-state index in [4.69, 9.17) is 20.3 Å². The number of methoxy groups -OCH3 is 1. The molecule has 1 aliphatic carbocycles. The number of nitrogens with two attached hydrogens (primary N) is 1. The first-order valence-electron chi connectivity index (χ1n) is 15.1. The van der Waals surface area contributed by atoms with Gasteiger partial charge in [0.1, 0.15) is 11.3 Å². The van der Waals surface area contributed by atoms with Crippen LogP contribution < -0.4 is 20.1 Å². The molecule has 0 radical (unpaired) electrons. The van der Waals surface area contributed by atoms with Crippen LogP contribution in [0.15, 0.2) is 42.9 Å². The molecule has 0 unspecified atom stereocenters. The second-order valence-corrected chi connectivity index (χ2v) is 11.3. The van der Waals surface area contributed by atoms with Crippen molar-refractivity contribution in [3.63, 3.8) is 0 Å². The summed E-state index contributed by atoms with van der Waals surface area (Å²) < 4.78 is 28.6. The fraction of sp³-hybridized carbons (Fsp3) is 0.500. The summed E-state index contributed by atoms with van der Waals surface area (Å²) in [6.07, 6.45) is 13.9. The summed E-state index contributed by atoms with van der Waals surface area (Å²) in [7, 11) is 1.48. The SMILES string of the molecule is CCN(CCN)C1CCN(c2cc(OC3CCCCC3)c3c(-c4ccnc5cc(F)c(OC)cc45)cnn3c2)CC1. The molecule has 2 fully saturated rings. The first kappa shape index (κ1) is 27.7. The van der Waals surface area contributed by atoms with E-state index >= 15 is 0 Å². The number of benzene rings is 1. The summed E-state index contributed by atoms with van der Waals surface area (Å²) >= 11 is 0. The third kappa shape index (κ3) is 5.57. The first-order valence-corrected chi connectivity index (χ1v) is 15.1. The van der Waals surface area contributed by atoms with Crippen molar-refractivity contribution in [3.05, 3.63) is 48.7 Å². The molecule has 0 amide bonds. The van der Waals surface area contributed by atoms with Gasteiger partial charge in [-0.05, 0) is 62.8 Å². The van der Waals surface area contributed by atoms with Crippen molar-refractivity contribution in [2.24, 2.45) is 5.73 Å². The Morgan fingerprint density at radius 1 is 1.05 bits per heavy atom. The topological polar surface area (TPSA) is 81.2 Å². The normalized spacial score (nSPS) is 17.1. The number of nitrogens with zero attached hydrogens (tertiary/aromatic N) is 5. The number of hydrogen-bond donors (Lipinski definition) is 1. The minimum Gasteiger partial charge on any atom is -0.494 e. The molecule has 3 aromatic heterocycles. The summed E-state index contributed by atoms with van der Waals surface area (Å²) in [5.74, 6) is 0.617. The number of pyridine rings is 2. The van der Waals surface area contributed by atoms with Crippen LogP contribution in [0, 0.1) is 5.82 Å². The van der Waals surface area contributed by atoms with Crippen molar-refractivity contribution in [1.82, 2.24) is 19.5 Å². The lowest BCUT2D eigenvalue weighted by atomic mass is 9.97. The second kappa shape index (κ2) is 12.2. The van der Waals surface area contributed by atoms with Gasteiger partial charge in [0.25, 0.3) is 0 Å². The van der Waals surface area contributed by atoms with Crippen LogP contribution in [0.4, 0.5) is 10.1 Å². The number of likely N-dealkylation sites (N-methyl/N-ethyl adjacent to an activating group) is 1. The van der Waals surface area contributed by atoms with Gasteiger partial charge in [-0.15, -0.1) is 0 Å². The third-order valence-corrected chi connectivity index (χ3v) is 8.88. The van der Waals surface area contributed by atoms with E-state index in [2.05, 4.69) is 34.0 Å². The number of piperidine rings is 1. The van der Waals surface area contributed by atoms with Gasteiger partial charge in [-0.2, -0.15) is 5.10 Å². The van der Waals surface area contributed by atoms with E-state index in [1.165, 1.54) is 32.4 Å². The van der Waals surface area contributed by atoms with Crippen LogP contribution >= 0.6 is 0 Å². The zero-order chi connectivity index (χ0) is 28.3. The van der Waals surface area contributed by atoms with Gasteiger partial charge < -0.3 is 20.1 Å². The van der Waals surface area contributed by atoms with Gasteiger partial charge in [-0.1, -0.05) is 13.3 Å². The predicted octanol–water partition coefficient (Wildman–Crippen LogP) is 5.66. The summed E-state index contributed by atoms with van der Waals surface area (Å²) in [5.41, 5.74) is 10.3. The van der Waals surface area contributed by atoms with E-state index in [1.54, 1.807) is 12.3 Å². The maximum atomic E-state index is 14.5. The van der Waals surface area contributed by atoms with Gasteiger partial charge in [0.05, 0.1) is 36.8 Å². The molecule has 4 aromatic rings. The zero-order valence-corrected chi connectivity index (χ0v) is 24.2. The van der Waals surface area contributed by atoms with Crippen LogP contribution in [0.2, 0.25) is 0 Å². The van der Waals surface area contributed by atoms with Gasteiger partial charge in [0, 0.05) is 61.5 Å². The Hall–Kier alpha value is -3.43. The maximum Gasteiger partial charge on any atom is 0.167 e. The Kier molecular flexibility index (Phi) is 8.25. The van der Waals surface area contributed by atoms with Gasteiger partial charge in [0.15, 0.2) is 11.6 Å². The third-order valence-electron chi connectivity index (χ3n) is 8.88. The molecular weight excluding hydrogens is 519 g/mol. The Morgan fingerprint density at radius 2 is 1.85 bits per heavy atom. The smallest absolute Gasteiger partial charge is 0.167 e. The summed E-state index contributed by atoms with van der Waals surface area (Å²) in [6, 6.07) is 7.88. The number of ether oxygens (including phenoxy) is 2. The van der Waals surface area contributed by atoms with Crippen LogP contribution in [0.25, 0.3) is 27.5 Å². The zero-order valence-electron chi connectivity index (χ0n) is 24.2. The van der Waals surface area contributed by atoms with Crippen molar-refractivity contribution in [3.8, 4) is 22.6 Å². The molecule has 1 aliphatic heterocycles. The van der Waals surface area contributed by atoms with Crippen LogP contribution in [-0.4, -0.2) is 71.5 Å². The lowest BCUT2D eigenvalue weighted by molar-refractivity contribution is 0.156. The van der Waals surface area contributed by atoms with E-state index in [1.807, 2.05) is 16.8 Å². The molecule has 1 saturated heterocycles. The lowest BCUT2D eigenvalue weighted by Gasteiger charge is -2.39. The standard InChI is InChI=1S/C32H41FN6O2/c1-3-37(16-12-34)22-10-14-38(15-11-22)23-17-31(41-24-7-5-4-6-8-24)32-27(20-36-39(32)21-23)25-9-13-35-29-19-28(33)30(40-2)18-26(25)29/h9,13,17-22,24H,3-8,10-12,14-16,34H2,1-2H3. The summed E-state index contributed by atoms with van der Waals surface area (Å²) in [4.78, 5) is 9.39. The van der Waals surface area contributed by atoms with Crippen molar-refractivity contribution in [1.29, 1.82) is 0 Å². The molecule has 9 heteroatoms. The molecule has 0 atom stereocenters. The Balaban J connectivity index is 1.39. The van der Waals surface area contributed by atoms with Crippen molar-refractivity contribution in [2.45, 2.75) is 64.0 Å². The van der Waals surface area contributed by atoms with Gasteiger partial charge in [-0.3, -0.25) is 9.88 Å². The molecule has 2 aliphatic rings. The van der Waals surface area contributed by atoms with Crippen molar-refractivity contribution >= 4 is 22.1 Å². The largest absolute Gasteiger partial charge is 0.494 e. The predicted molar refractivity (Wildman–Crippen MR) is 161 cm³/mol. The highest BCUT2D eigenvalue weighted by atomic mass is 19.1. The fourth-order valence-electron chi connectivity index (χ4n) is 6.69. The lowest BCUT2D eigenvalue weighted by Crippen LogP contribution is -2.46. The van der Waals surface area contributed by atoms with Crippen LogP contribution in [0.5, 0.6) is 11.5 Å². The van der Waals surface area contributed by atoms with Gasteiger partial charge in [0.2, 0.25) is 0 Å². The summed E-state index contributed by atoms with van der Waals surface area (Å²) in [6.45, 7) is 6.86. The van der Waals surface area contributed by atoms with Gasteiger partial charge >= 0.3 is 0 Å². The number of halogens is 1. The molecule has 8 nitrogen and oxygen atoms in total. The van der Waals surface area contributed by atoms with E-state index in [9.17, 15) is 4.39 Å². The quantitative estimate of drug-likeness (QED) is 0.283. The highest BCUT2D eigenvalue weighted by molar-refractivity contribution is 6.00. The number of anilines is 1. The first-order chi connectivity index (χ1) is 20.1. The van der Waals surface area contributed by atoms with E-state index < -0.39 is 5.82 Å². The number of hydrogen-bond acceptors (Lipinski definition) is 7. The molecule has 41 heavy (non-hydrogen) atoms. The average Bonchev–Trinajstić information content (AvgIpc) is 3.44. The Morgan fingerprint density at radius 3 is 2.59 bits per heavy atom. The number of rotatable bonds is 9. The van der Waals surface area contributed by atoms with Crippen LogP contribution in [0.3, 0.4) is 0 Å². The highest BCUT2D eigenvalue weighted by Crippen LogP contribution is 2.40. The second-order valence-electron chi connectivity index (χ2n) is 11.3. The molecule has 1 aromatic carbocycles. The van der Waals surface area contributed by atoms with Crippen molar-refractivity contribution in [2.75, 3.05) is 44.7 Å². The molecule has 0 bridgehead atoms. The molecule has 1 saturated carbocycles. The monoisotopic (exact) mass is 560 g/mol. The van der Waals surface area contributed by atoms with Gasteiger partial charge in [-0.25, -0.2) is 8.91 Å². The Labute approximate surface area is 241 Å². The highest BCUT2D eigenvalue weighted by Gasteiger charge is 2.26. The fourth-order valence-corrected chi connectivity index (χ4v) is 6.69. The molecule has 218 valence electrons. The van der Waals surface area contributed by atoms with E-state index in [-0.39, 0.29) is 11.9 Å². The minimum atomic E-state index is -0.427. The average molecular weight is 561 g/mol. The molecule has 2 N–H and O–H groups in total. The molecule has 4 heterocycles. The van der Waals surface area contributed by atoms with Crippen molar-refractivity contribution < 1.29 is 13.9 Å². The molecule has 6 rings (SSSR count). The van der Waals surface area contributed by atoms with Crippen LogP contribution in [-0.2, 0) is 0 Å². The van der Waals surface area contributed by atoms with E-state index in [0.717, 1.165) is 85.3 Å². The number of fused-ring (bicyclic) bond motifs is 2. The van der Waals surface area contributed by atoms with Crippen LogP contribution in [0.1, 0.15) is 51.9 Å². The Bertz CT molecular complexity index is 1490. The maximum absolute atomic E-state index is 14.5. The minimum absolute atomic E-state index is 0.189. The summed E-state index contributed by atoms with van der Waals surface area (Å²) in [5, 5.41) is 5.63. The molecule has 0 spiro atoms. The number of aromatic nitrogens is 3. The molecular formula is C32H41FN6O2.